The molecule has 1 saturated carbocycles. The van der Waals surface area contributed by atoms with Crippen LogP contribution in [0.5, 0.6) is 0 Å². The van der Waals surface area contributed by atoms with E-state index >= 15 is 0 Å². The lowest BCUT2D eigenvalue weighted by atomic mass is 9.92. The molecule has 1 aromatic carbocycles. The van der Waals surface area contributed by atoms with Crippen molar-refractivity contribution < 1.29 is 14.3 Å². The number of benzene rings is 1. The number of nitrogens with one attached hydrogen (secondary N) is 1. The Bertz CT molecular complexity index is 632. The summed E-state index contributed by atoms with van der Waals surface area (Å²) in [4.78, 5) is 26.4. The van der Waals surface area contributed by atoms with Crippen molar-refractivity contribution in [1.82, 2.24) is 10.2 Å². The predicted octanol–water partition coefficient (Wildman–Crippen LogP) is 3.05. The first-order chi connectivity index (χ1) is 11.3. The van der Waals surface area contributed by atoms with Gasteiger partial charge < -0.3 is 10.1 Å². The maximum absolute atomic E-state index is 12.6. The largest absolute Gasteiger partial charge is 0.444 e. The molecule has 0 bridgehead atoms. The number of ether oxygens (including phenoxy) is 1. The fourth-order valence-corrected chi connectivity index (χ4v) is 3.10. The van der Waals surface area contributed by atoms with Crippen LogP contribution >= 0.6 is 0 Å². The second-order valence-electron chi connectivity index (χ2n) is 7.66. The Labute approximate surface area is 143 Å². The molecule has 1 unspecified atom stereocenters. The van der Waals surface area contributed by atoms with Gasteiger partial charge >= 0.3 is 6.09 Å². The highest BCUT2D eigenvalue weighted by molar-refractivity contribution is 5.81. The van der Waals surface area contributed by atoms with Crippen LogP contribution in [0.1, 0.15) is 50.8 Å². The molecule has 1 atom stereocenters. The van der Waals surface area contributed by atoms with Gasteiger partial charge in [0.15, 0.2) is 0 Å². The quantitative estimate of drug-likeness (QED) is 0.927. The van der Waals surface area contributed by atoms with Crippen LogP contribution in [0.25, 0.3) is 0 Å². The van der Waals surface area contributed by atoms with Crippen molar-refractivity contribution in [1.29, 1.82) is 0 Å². The number of rotatable bonds is 3. The maximum Gasteiger partial charge on any atom is 0.410 e. The summed E-state index contributed by atoms with van der Waals surface area (Å²) in [7, 11) is 0. The van der Waals surface area contributed by atoms with Gasteiger partial charge in [-0.2, -0.15) is 0 Å². The summed E-state index contributed by atoms with van der Waals surface area (Å²) in [6, 6.07) is 7.96. The van der Waals surface area contributed by atoms with Gasteiger partial charge in [0.1, 0.15) is 5.60 Å². The summed E-state index contributed by atoms with van der Waals surface area (Å²) in [5, 5.41) is 3.01. The van der Waals surface area contributed by atoms with E-state index in [9.17, 15) is 9.59 Å². The van der Waals surface area contributed by atoms with E-state index in [0.29, 0.717) is 13.1 Å². The normalized spacial score (nSPS) is 20.3. The minimum Gasteiger partial charge on any atom is -0.444 e. The Balaban J connectivity index is 1.78. The van der Waals surface area contributed by atoms with Crippen molar-refractivity contribution in [3.05, 3.63) is 35.4 Å². The maximum atomic E-state index is 12.6. The van der Waals surface area contributed by atoms with Crippen molar-refractivity contribution in [2.75, 3.05) is 13.1 Å². The summed E-state index contributed by atoms with van der Waals surface area (Å²) in [5.41, 5.74) is 1.81. The van der Waals surface area contributed by atoms with Crippen LogP contribution in [-0.2, 0) is 16.0 Å². The van der Waals surface area contributed by atoms with Crippen molar-refractivity contribution in [3.63, 3.8) is 0 Å². The average Bonchev–Trinajstić information content (AvgIpc) is 3.35. The molecule has 1 aliphatic carbocycles. The van der Waals surface area contributed by atoms with E-state index in [-0.39, 0.29) is 24.0 Å². The first-order valence-corrected chi connectivity index (χ1v) is 8.70. The number of hydrogen-bond donors (Lipinski definition) is 1. The van der Waals surface area contributed by atoms with Crippen LogP contribution in [-0.4, -0.2) is 35.6 Å². The summed E-state index contributed by atoms with van der Waals surface area (Å²) in [6.07, 6.45) is 2.44. The third kappa shape index (κ3) is 3.89. The Morgan fingerprint density at radius 2 is 1.96 bits per heavy atom. The molecule has 5 heteroatoms. The molecule has 0 radical (unpaired) electrons. The number of carbonyl (C=O) groups is 2. The second-order valence-corrected chi connectivity index (χ2v) is 7.66. The van der Waals surface area contributed by atoms with Gasteiger partial charge in [-0.15, -0.1) is 0 Å². The number of nitrogens with zero attached hydrogens (tertiary/aromatic N) is 1. The highest BCUT2D eigenvalue weighted by atomic mass is 16.6. The van der Waals surface area contributed by atoms with E-state index in [1.807, 2.05) is 39.0 Å². The Hall–Kier alpha value is -2.04. The van der Waals surface area contributed by atoms with E-state index in [2.05, 4.69) is 11.4 Å². The van der Waals surface area contributed by atoms with E-state index in [1.165, 1.54) is 5.56 Å². The van der Waals surface area contributed by atoms with Gasteiger partial charge in [-0.05, 0) is 51.2 Å². The van der Waals surface area contributed by atoms with Crippen LogP contribution in [0.15, 0.2) is 24.3 Å². The van der Waals surface area contributed by atoms with Gasteiger partial charge in [-0.25, -0.2) is 4.79 Å². The summed E-state index contributed by atoms with van der Waals surface area (Å²) in [6.45, 7) is 6.65. The third-order valence-electron chi connectivity index (χ3n) is 4.46. The minimum atomic E-state index is -0.532. The lowest BCUT2D eigenvalue weighted by Gasteiger charge is -2.38. The zero-order valence-electron chi connectivity index (χ0n) is 14.7. The molecule has 2 amide bonds. The van der Waals surface area contributed by atoms with Crippen molar-refractivity contribution in [2.45, 2.75) is 51.7 Å². The second kappa shape index (κ2) is 6.46. The monoisotopic (exact) mass is 330 g/mol. The fraction of sp³-hybridized carbons (Fsp3) is 0.579. The van der Waals surface area contributed by atoms with Crippen LogP contribution < -0.4 is 5.32 Å². The van der Waals surface area contributed by atoms with E-state index in [4.69, 9.17) is 4.74 Å². The van der Waals surface area contributed by atoms with Crippen LogP contribution in [0, 0.1) is 5.92 Å². The fourth-order valence-electron chi connectivity index (χ4n) is 3.10. The summed E-state index contributed by atoms with van der Waals surface area (Å²) >= 11 is 0. The Morgan fingerprint density at radius 3 is 2.62 bits per heavy atom. The summed E-state index contributed by atoms with van der Waals surface area (Å²) < 4.78 is 5.56. The van der Waals surface area contributed by atoms with Crippen molar-refractivity contribution >= 4 is 12.0 Å². The number of fused-ring (bicyclic) bond motifs is 1. The lowest BCUT2D eigenvalue weighted by molar-refractivity contribution is -0.122. The minimum absolute atomic E-state index is 0.0993. The molecule has 1 N–H and O–H groups in total. The molecule has 3 rings (SSSR count). The van der Waals surface area contributed by atoms with Crippen LogP contribution in [0.2, 0.25) is 0 Å². The van der Waals surface area contributed by atoms with Gasteiger partial charge in [0, 0.05) is 19.0 Å². The van der Waals surface area contributed by atoms with Crippen LogP contribution in [0.4, 0.5) is 4.79 Å². The Morgan fingerprint density at radius 1 is 1.25 bits per heavy atom. The van der Waals surface area contributed by atoms with Gasteiger partial charge in [0.25, 0.3) is 0 Å². The van der Waals surface area contributed by atoms with Crippen LogP contribution in [0.3, 0.4) is 0 Å². The highest BCUT2D eigenvalue weighted by Gasteiger charge is 2.35. The van der Waals surface area contributed by atoms with Gasteiger partial charge in [0.2, 0.25) is 5.91 Å². The zero-order valence-corrected chi connectivity index (χ0v) is 14.7. The zero-order chi connectivity index (χ0) is 17.3. The van der Waals surface area contributed by atoms with Crippen molar-refractivity contribution in [3.8, 4) is 0 Å². The first kappa shape index (κ1) is 16.8. The average molecular weight is 330 g/mol. The number of carbonyl (C=O) groups excluding carboxylic acids is 2. The third-order valence-corrected chi connectivity index (χ3v) is 4.46. The molecule has 0 saturated heterocycles. The molecule has 2 aliphatic rings. The van der Waals surface area contributed by atoms with E-state index in [0.717, 1.165) is 24.8 Å². The smallest absolute Gasteiger partial charge is 0.410 e. The standard InChI is InChI=1S/C19H26N2O3/c1-19(2,3)24-18(23)21-11-10-13-6-4-5-7-15(13)16(21)12-20-17(22)14-8-9-14/h4-7,14,16H,8-12H2,1-3H3,(H,20,22). The molecule has 130 valence electrons. The Kier molecular flexibility index (Phi) is 4.52. The number of hydrogen-bond acceptors (Lipinski definition) is 3. The predicted molar refractivity (Wildman–Crippen MR) is 91.6 cm³/mol. The molecule has 1 aliphatic heterocycles. The SMILES string of the molecule is CC(C)(C)OC(=O)N1CCc2ccccc2C1CNC(=O)C1CC1. The molecule has 5 nitrogen and oxygen atoms in total. The molecule has 1 heterocycles. The number of amides is 2. The molecule has 1 fully saturated rings. The molecular formula is C19H26N2O3. The summed E-state index contributed by atoms with van der Waals surface area (Å²) in [5.74, 6) is 0.265. The molecular weight excluding hydrogens is 304 g/mol. The van der Waals surface area contributed by atoms with Gasteiger partial charge in [-0.1, -0.05) is 24.3 Å². The molecule has 0 spiro atoms. The van der Waals surface area contributed by atoms with Gasteiger partial charge in [-0.3, -0.25) is 9.69 Å². The lowest BCUT2D eigenvalue weighted by Crippen LogP contribution is -2.47. The highest BCUT2D eigenvalue weighted by Crippen LogP contribution is 2.32. The molecule has 1 aromatic rings. The van der Waals surface area contributed by atoms with Gasteiger partial charge in [0.05, 0.1) is 6.04 Å². The first-order valence-electron chi connectivity index (χ1n) is 8.70. The molecule has 24 heavy (non-hydrogen) atoms. The topological polar surface area (TPSA) is 58.6 Å². The van der Waals surface area contributed by atoms with Crippen molar-refractivity contribution in [2.24, 2.45) is 5.92 Å². The van der Waals surface area contributed by atoms with E-state index < -0.39 is 5.60 Å². The molecule has 0 aromatic heterocycles. The van der Waals surface area contributed by atoms with E-state index in [1.54, 1.807) is 4.90 Å².